The van der Waals surface area contributed by atoms with Gasteiger partial charge in [0.2, 0.25) is 17.7 Å². The van der Waals surface area contributed by atoms with Crippen LogP contribution < -0.4 is 10.6 Å². The fourth-order valence-corrected chi connectivity index (χ4v) is 7.04. The Hall–Kier alpha value is -2.94. The van der Waals surface area contributed by atoms with Crippen molar-refractivity contribution in [2.75, 3.05) is 23.8 Å². The Labute approximate surface area is 227 Å². The number of anilines is 2. The van der Waals surface area contributed by atoms with Crippen LogP contribution in [0, 0.1) is 18.8 Å². The summed E-state index contributed by atoms with van der Waals surface area (Å²) in [6.45, 7) is 4.10. The minimum atomic E-state index is -1.12. The van der Waals surface area contributed by atoms with Gasteiger partial charge in [0.05, 0.1) is 28.1 Å². The van der Waals surface area contributed by atoms with Gasteiger partial charge in [0.1, 0.15) is 11.6 Å². The van der Waals surface area contributed by atoms with Gasteiger partial charge in [-0.1, -0.05) is 48.9 Å². The van der Waals surface area contributed by atoms with E-state index < -0.39 is 29.1 Å². The number of aryl methyl sites for hydroxylation is 1. The number of aliphatic hydroxyl groups is 1. The standard InChI is InChI=1S/C29H34ClN3O5/c1-3-28-14-15-29(38-28)22(21(28)25(35)31-19-11-5-4-6-12-19)27(37)33(16-7-8-17-34)24(29)26(36)32-23-18(2)10-9-13-20(23)30/h4-6,9-13,21-22,24,34H,3,7-8,14-17H2,1-2H3,(H,31,35)(H,32,36)/t21-,22-,24?,28+,29?/m0/s1. The SMILES string of the molecule is CC[C@]12CCC3(O1)C(C(=O)Nc1c(C)cccc1Cl)N(CCCCO)C(=O)[C@@H]3[C@H]2C(=O)Nc1ccccc1. The van der Waals surface area contributed by atoms with Crippen molar-refractivity contribution in [1.82, 2.24) is 4.90 Å². The Kier molecular flexibility index (Phi) is 7.24. The predicted octanol–water partition coefficient (Wildman–Crippen LogP) is 4.15. The van der Waals surface area contributed by atoms with Crippen molar-refractivity contribution in [3.8, 4) is 0 Å². The highest BCUT2D eigenvalue weighted by molar-refractivity contribution is 6.34. The van der Waals surface area contributed by atoms with Crippen molar-refractivity contribution in [3.63, 3.8) is 0 Å². The second-order valence-electron chi connectivity index (χ2n) is 10.6. The van der Waals surface area contributed by atoms with E-state index in [0.29, 0.717) is 48.5 Å². The Balaban J connectivity index is 1.53. The number of halogens is 1. The largest absolute Gasteiger partial charge is 0.396 e. The minimum Gasteiger partial charge on any atom is -0.396 e. The van der Waals surface area contributed by atoms with Gasteiger partial charge in [0, 0.05) is 18.8 Å². The molecule has 2 unspecified atom stereocenters. The Morgan fingerprint density at radius 3 is 2.53 bits per heavy atom. The number of hydrogen-bond acceptors (Lipinski definition) is 5. The number of nitrogens with zero attached hydrogens (tertiary/aromatic N) is 1. The van der Waals surface area contributed by atoms with E-state index in [1.54, 1.807) is 23.1 Å². The number of carbonyl (C=O) groups is 3. The smallest absolute Gasteiger partial charge is 0.250 e. The van der Waals surface area contributed by atoms with Crippen LogP contribution in [0.15, 0.2) is 48.5 Å². The summed E-state index contributed by atoms with van der Waals surface area (Å²) in [6.07, 6.45) is 2.66. The fraction of sp³-hybridized carbons (Fsp3) is 0.483. The first-order valence-corrected chi connectivity index (χ1v) is 13.7. The lowest BCUT2D eigenvalue weighted by molar-refractivity contribution is -0.144. The zero-order valence-corrected chi connectivity index (χ0v) is 22.5. The predicted molar refractivity (Wildman–Crippen MR) is 145 cm³/mol. The molecule has 0 aliphatic carbocycles. The van der Waals surface area contributed by atoms with Crippen molar-refractivity contribution >= 4 is 40.7 Å². The number of aliphatic hydroxyl groups excluding tert-OH is 1. The van der Waals surface area contributed by atoms with Crippen LogP contribution in [0.3, 0.4) is 0 Å². The number of carbonyl (C=O) groups excluding carboxylic acids is 3. The molecule has 3 aliphatic heterocycles. The highest BCUT2D eigenvalue weighted by Gasteiger charge is 2.78. The minimum absolute atomic E-state index is 0.0101. The van der Waals surface area contributed by atoms with Crippen LogP contribution in [0.2, 0.25) is 5.02 Å². The quantitative estimate of drug-likeness (QED) is 0.415. The first kappa shape index (κ1) is 26.7. The maximum Gasteiger partial charge on any atom is 0.250 e. The molecule has 2 aromatic carbocycles. The van der Waals surface area contributed by atoms with E-state index in [0.717, 1.165) is 5.56 Å². The molecule has 3 heterocycles. The number of fused-ring (bicyclic) bond motifs is 1. The second kappa shape index (κ2) is 10.3. The molecule has 3 aliphatic rings. The van der Waals surface area contributed by atoms with Gasteiger partial charge in [-0.3, -0.25) is 14.4 Å². The molecule has 9 heteroatoms. The third kappa shape index (κ3) is 4.19. The van der Waals surface area contributed by atoms with Crippen LogP contribution in [0.5, 0.6) is 0 Å². The molecule has 5 atom stereocenters. The number of likely N-dealkylation sites (tertiary alicyclic amines) is 1. The maximum atomic E-state index is 14.1. The summed E-state index contributed by atoms with van der Waals surface area (Å²) in [6, 6.07) is 13.6. The van der Waals surface area contributed by atoms with Gasteiger partial charge in [0.25, 0.3) is 0 Å². The summed E-state index contributed by atoms with van der Waals surface area (Å²) >= 11 is 6.41. The van der Waals surface area contributed by atoms with Crippen molar-refractivity contribution in [3.05, 3.63) is 59.1 Å². The average Bonchev–Trinajstić information content (AvgIpc) is 3.51. The van der Waals surface area contributed by atoms with Gasteiger partial charge in [-0.05, 0) is 62.8 Å². The lowest BCUT2D eigenvalue weighted by Crippen LogP contribution is -2.53. The van der Waals surface area contributed by atoms with Gasteiger partial charge in [-0.25, -0.2) is 0 Å². The van der Waals surface area contributed by atoms with Gasteiger partial charge in [-0.2, -0.15) is 0 Å². The van der Waals surface area contributed by atoms with E-state index in [4.69, 9.17) is 16.3 Å². The molecule has 3 N–H and O–H groups in total. The number of benzene rings is 2. The van der Waals surface area contributed by atoms with E-state index in [9.17, 15) is 19.5 Å². The molecule has 3 amide bonds. The average molecular weight is 540 g/mol. The molecule has 3 saturated heterocycles. The van der Waals surface area contributed by atoms with Crippen LogP contribution in [0.25, 0.3) is 0 Å². The topological polar surface area (TPSA) is 108 Å². The van der Waals surface area contributed by atoms with Crippen LogP contribution >= 0.6 is 11.6 Å². The number of unbranched alkanes of at least 4 members (excludes halogenated alkanes) is 1. The molecule has 8 nitrogen and oxygen atoms in total. The Bertz CT molecular complexity index is 1220. The number of hydrogen-bond donors (Lipinski definition) is 3. The van der Waals surface area contributed by atoms with Crippen molar-refractivity contribution in [2.24, 2.45) is 11.8 Å². The Morgan fingerprint density at radius 1 is 1.08 bits per heavy atom. The molecule has 1 spiro atoms. The number of ether oxygens (including phenoxy) is 1. The van der Waals surface area contributed by atoms with Crippen molar-refractivity contribution in [1.29, 1.82) is 0 Å². The molecule has 38 heavy (non-hydrogen) atoms. The zero-order valence-electron chi connectivity index (χ0n) is 21.7. The van der Waals surface area contributed by atoms with E-state index in [2.05, 4.69) is 10.6 Å². The Morgan fingerprint density at radius 2 is 1.84 bits per heavy atom. The van der Waals surface area contributed by atoms with Gasteiger partial charge < -0.3 is 25.4 Å². The zero-order chi connectivity index (χ0) is 27.1. The third-order valence-electron chi connectivity index (χ3n) is 8.53. The van der Waals surface area contributed by atoms with E-state index >= 15 is 0 Å². The lowest BCUT2D eigenvalue weighted by atomic mass is 9.65. The van der Waals surface area contributed by atoms with Crippen LogP contribution in [-0.4, -0.2) is 58.1 Å². The molecule has 2 aromatic rings. The molecule has 3 fully saturated rings. The number of para-hydroxylation sites is 2. The first-order chi connectivity index (χ1) is 18.3. The summed E-state index contributed by atoms with van der Waals surface area (Å²) in [4.78, 5) is 43.4. The van der Waals surface area contributed by atoms with E-state index in [1.165, 1.54) is 0 Å². The number of rotatable bonds is 9. The monoisotopic (exact) mass is 539 g/mol. The maximum absolute atomic E-state index is 14.1. The molecule has 2 bridgehead atoms. The number of amides is 3. The summed E-state index contributed by atoms with van der Waals surface area (Å²) in [7, 11) is 0. The third-order valence-corrected chi connectivity index (χ3v) is 8.85. The first-order valence-electron chi connectivity index (χ1n) is 13.3. The molecular formula is C29H34ClN3O5. The highest BCUT2D eigenvalue weighted by Crippen LogP contribution is 2.64. The van der Waals surface area contributed by atoms with Crippen LogP contribution in [0.1, 0.15) is 44.6 Å². The van der Waals surface area contributed by atoms with Crippen LogP contribution in [-0.2, 0) is 19.1 Å². The summed E-state index contributed by atoms with van der Waals surface area (Å²) in [5, 5.41) is 15.7. The van der Waals surface area contributed by atoms with E-state index in [1.807, 2.05) is 44.2 Å². The van der Waals surface area contributed by atoms with Gasteiger partial charge in [-0.15, -0.1) is 0 Å². The van der Waals surface area contributed by atoms with Crippen LogP contribution in [0.4, 0.5) is 11.4 Å². The van der Waals surface area contributed by atoms with Crippen molar-refractivity contribution < 1.29 is 24.2 Å². The molecular weight excluding hydrogens is 506 g/mol. The molecule has 0 aromatic heterocycles. The van der Waals surface area contributed by atoms with Gasteiger partial charge in [0.15, 0.2) is 0 Å². The molecule has 5 rings (SSSR count). The summed E-state index contributed by atoms with van der Waals surface area (Å²) in [5.74, 6) is -2.40. The summed E-state index contributed by atoms with van der Waals surface area (Å²) < 4.78 is 6.76. The highest BCUT2D eigenvalue weighted by atomic mass is 35.5. The van der Waals surface area contributed by atoms with Crippen molar-refractivity contribution in [2.45, 2.75) is 63.2 Å². The molecule has 202 valence electrons. The normalized spacial score (nSPS) is 29.4. The van der Waals surface area contributed by atoms with Gasteiger partial charge >= 0.3 is 0 Å². The number of nitrogens with one attached hydrogen (secondary N) is 2. The molecule has 0 radical (unpaired) electrons. The fourth-order valence-electron chi connectivity index (χ4n) is 6.77. The van der Waals surface area contributed by atoms with E-state index in [-0.39, 0.29) is 30.9 Å². The summed E-state index contributed by atoms with van der Waals surface area (Å²) in [5.41, 5.74) is 0.00414. The second-order valence-corrected chi connectivity index (χ2v) is 11.0. The molecule has 0 saturated carbocycles. The lowest BCUT2D eigenvalue weighted by Gasteiger charge is -2.34.